The number of pyridine rings is 1. The maximum absolute atomic E-state index is 6.04. The molecule has 1 aromatic carbocycles. The van der Waals surface area contributed by atoms with Crippen molar-refractivity contribution in [3.63, 3.8) is 0 Å². The Bertz CT molecular complexity index is 594. The van der Waals surface area contributed by atoms with Gasteiger partial charge in [-0.05, 0) is 50.6 Å². The van der Waals surface area contributed by atoms with E-state index in [-0.39, 0.29) is 0 Å². The number of hydrogen-bond donors (Lipinski definition) is 1. The summed E-state index contributed by atoms with van der Waals surface area (Å²) in [6, 6.07) is 8.15. The molecule has 0 aliphatic carbocycles. The molecule has 3 heteroatoms. The Hall–Kier alpha value is -1.87. The Morgan fingerprint density at radius 2 is 1.90 bits per heavy atom. The summed E-state index contributed by atoms with van der Waals surface area (Å²) in [4.78, 5) is 4.35. The van der Waals surface area contributed by atoms with Crippen LogP contribution in [-0.2, 0) is 6.54 Å². The molecule has 2 aromatic rings. The van der Waals surface area contributed by atoms with Crippen LogP contribution in [0.2, 0.25) is 0 Å². The number of aryl methyl sites for hydroxylation is 3. The summed E-state index contributed by atoms with van der Waals surface area (Å²) in [5.41, 5.74) is 4.55. The number of aromatic nitrogens is 1. The fourth-order valence-electron chi connectivity index (χ4n) is 1.95. The molecule has 0 atom stereocenters. The zero-order valence-corrected chi connectivity index (χ0v) is 12.7. The van der Waals surface area contributed by atoms with Gasteiger partial charge in [0, 0.05) is 30.1 Å². The Morgan fingerprint density at radius 3 is 2.60 bits per heavy atom. The van der Waals surface area contributed by atoms with Gasteiger partial charge in [0.15, 0.2) is 0 Å². The van der Waals surface area contributed by atoms with Crippen molar-refractivity contribution < 1.29 is 4.74 Å². The average molecular weight is 270 g/mol. The monoisotopic (exact) mass is 270 g/mol. The van der Waals surface area contributed by atoms with Gasteiger partial charge in [-0.1, -0.05) is 13.0 Å². The summed E-state index contributed by atoms with van der Waals surface area (Å²) in [6.45, 7) is 9.96. The SMILES string of the molecule is CCNCc1cnc(C)cc1Oc1ccc(C)c(C)c1. The van der Waals surface area contributed by atoms with Gasteiger partial charge in [-0.25, -0.2) is 0 Å². The van der Waals surface area contributed by atoms with Crippen molar-refractivity contribution in [3.05, 3.63) is 52.8 Å². The third kappa shape index (κ3) is 3.58. The molecule has 1 N–H and O–H groups in total. The molecule has 0 aliphatic heterocycles. The lowest BCUT2D eigenvalue weighted by atomic mass is 10.1. The van der Waals surface area contributed by atoms with Crippen LogP contribution in [0.3, 0.4) is 0 Å². The summed E-state index contributed by atoms with van der Waals surface area (Å²) in [5, 5.41) is 3.31. The van der Waals surface area contributed by atoms with E-state index in [1.165, 1.54) is 11.1 Å². The highest BCUT2D eigenvalue weighted by Gasteiger charge is 2.07. The summed E-state index contributed by atoms with van der Waals surface area (Å²) in [5.74, 6) is 1.75. The van der Waals surface area contributed by atoms with E-state index >= 15 is 0 Å². The second kappa shape index (κ2) is 6.53. The first kappa shape index (κ1) is 14.5. The quantitative estimate of drug-likeness (QED) is 0.894. The Kier molecular flexibility index (Phi) is 4.74. The van der Waals surface area contributed by atoms with E-state index in [9.17, 15) is 0 Å². The minimum atomic E-state index is 0.768. The summed E-state index contributed by atoms with van der Waals surface area (Å²) in [6.07, 6.45) is 1.88. The van der Waals surface area contributed by atoms with Crippen molar-refractivity contribution >= 4 is 0 Å². The predicted octanol–water partition coefficient (Wildman–Crippen LogP) is 3.91. The second-order valence-corrected chi connectivity index (χ2v) is 5.06. The lowest BCUT2D eigenvalue weighted by Crippen LogP contribution is -2.12. The lowest BCUT2D eigenvalue weighted by molar-refractivity contribution is 0.471. The van der Waals surface area contributed by atoms with E-state index in [0.717, 1.165) is 35.8 Å². The molecule has 0 bridgehead atoms. The third-order valence-electron chi connectivity index (χ3n) is 3.35. The molecule has 0 saturated carbocycles. The maximum atomic E-state index is 6.04. The van der Waals surface area contributed by atoms with Gasteiger partial charge in [0.05, 0.1) is 0 Å². The molecule has 20 heavy (non-hydrogen) atoms. The first-order valence-corrected chi connectivity index (χ1v) is 7.01. The lowest BCUT2D eigenvalue weighted by Gasteiger charge is -2.13. The maximum Gasteiger partial charge on any atom is 0.135 e. The Balaban J connectivity index is 2.26. The van der Waals surface area contributed by atoms with Crippen molar-refractivity contribution in [2.75, 3.05) is 6.54 Å². The van der Waals surface area contributed by atoms with Crippen LogP contribution in [0.15, 0.2) is 30.5 Å². The van der Waals surface area contributed by atoms with Crippen molar-refractivity contribution in [2.24, 2.45) is 0 Å². The molecule has 0 fully saturated rings. The van der Waals surface area contributed by atoms with Crippen LogP contribution in [0.1, 0.15) is 29.3 Å². The van der Waals surface area contributed by atoms with Gasteiger partial charge in [0.2, 0.25) is 0 Å². The third-order valence-corrected chi connectivity index (χ3v) is 3.35. The van der Waals surface area contributed by atoms with Gasteiger partial charge in [-0.3, -0.25) is 4.98 Å². The average Bonchev–Trinajstić information content (AvgIpc) is 2.42. The molecule has 0 spiro atoms. The predicted molar refractivity (Wildman–Crippen MR) is 82.3 cm³/mol. The molecule has 106 valence electrons. The molecule has 0 amide bonds. The highest BCUT2D eigenvalue weighted by atomic mass is 16.5. The zero-order valence-electron chi connectivity index (χ0n) is 12.7. The normalized spacial score (nSPS) is 10.6. The first-order chi connectivity index (χ1) is 9.60. The minimum absolute atomic E-state index is 0.768. The van der Waals surface area contributed by atoms with E-state index in [1.54, 1.807) is 0 Å². The number of ether oxygens (including phenoxy) is 1. The van der Waals surface area contributed by atoms with E-state index in [1.807, 2.05) is 25.3 Å². The molecule has 2 rings (SSSR count). The highest BCUT2D eigenvalue weighted by Crippen LogP contribution is 2.27. The summed E-state index contributed by atoms with van der Waals surface area (Å²) < 4.78 is 6.04. The van der Waals surface area contributed by atoms with Crippen LogP contribution >= 0.6 is 0 Å². The van der Waals surface area contributed by atoms with E-state index in [0.29, 0.717) is 0 Å². The van der Waals surface area contributed by atoms with Crippen LogP contribution < -0.4 is 10.1 Å². The van der Waals surface area contributed by atoms with Crippen molar-refractivity contribution in [1.82, 2.24) is 10.3 Å². The largest absolute Gasteiger partial charge is 0.457 e. The van der Waals surface area contributed by atoms with E-state index < -0.39 is 0 Å². The molecular weight excluding hydrogens is 248 g/mol. The van der Waals surface area contributed by atoms with Crippen LogP contribution in [0, 0.1) is 20.8 Å². The molecule has 0 aliphatic rings. The number of nitrogens with one attached hydrogen (secondary N) is 1. The van der Waals surface area contributed by atoms with Crippen LogP contribution in [0.4, 0.5) is 0 Å². The molecule has 0 radical (unpaired) electrons. The van der Waals surface area contributed by atoms with E-state index in [2.05, 4.69) is 43.2 Å². The zero-order chi connectivity index (χ0) is 14.5. The molecule has 0 unspecified atom stereocenters. The molecule has 3 nitrogen and oxygen atoms in total. The fraction of sp³-hybridized carbons (Fsp3) is 0.353. The van der Waals surface area contributed by atoms with Crippen LogP contribution in [0.5, 0.6) is 11.5 Å². The van der Waals surface area contributed by atoms with Gasteiger partial charge in [-0.15, -0.1) is 0 Å². The standard InChI is InChI=1S/C17H22N2O/c1-5-18-10-15-11-19-14(4)9-17(15)20-16-7-6-12(2)13(3)8-16/h6-9,11,18H,5,10H2,1-4H3. The number of rotatable bonds is 5. The summed E-state index contributed by atoms with van der Waals surface area (Å²) >= 11 is 0. The number of nitrogens with zero attached hydrogens (tertiary/aromatic N) is 1. The van der Waals surface area contributed by atoms with Crippen molar-refractivity contribution in [2.45, 2.75) is 34.2 Å². The van der Waals surface area contributed by atoms with Gasteiger partial charge < -0.3 is 10.1 Å². The van der Waals surface area contributed by atoms with Crippen molar-refractivity contribution in [1.29, 1.82) is 0 Å². The van der Waals surface area contributed by atoms with E-state index in [4.69, 9.17) is 4.74 Å². The highest BCUT2D eigenvalue weighted by molar-refractivity contribution is 5.40. The first-order valence-electron chi connectivity index (χ1n) is 7.01. The summed E-state index contributed by atoms with van der Waals surface area (Å²) in [7, 11) is 0. The smallest absolute Gasteiger partial charge is 0.135 e. The Morgan fingerprint density at radius 1 is 1.10 bits per heavy atom. The second-order valence-electron chi connectivity index (χ2n) is 5.06. The molecule has 1 heterocycles. The number of hydrogen-bond acceptors (Lipinski definition) is 3. The van der Waals surface area contributed by atoms with Gasteiger partial charge in [0.25, 0.3) is 0 Å². The van der Waals surface area contributed by atoms with Gasteiger partial charge in [0.1, 0.15) is 11.5 Å². The topological polar surface area (TPSA) is 34.2 Å². The Labute approximate surface area is 121 Å². The minimum Gasteiger partial charge on any atom is -0.457 e. The molecular formula is C17H22N2O. The molecule has 1 aromatic heterocycles. The fourth-order valence-corrected chi connectivity index (χ4v) is 1.95. The van der Waals surface area contributed by atoms with Crippen LogP contribution in [0.25, 0.3) is 0 Å². The van der Waals surface area contributed by atoms with Gasteiger partial charge >= 0.3 is 0 Å². The number of benzene rings is 1. The van der Waals surface area contributed by atoms with Crippen LogP contribution in [-0.4, -0.2) is 11.5 Å². The van der Waals surface area contributed by atoms with Crippen molar-refractivity contribution in [3.8, 4) is 11.5 Å². The van der Waals surface area contributed by atoms with Gasteiger partial charge in [-0.2, -0.15) is 0 Å². The molecule has 0 saturated heterocycles.